The molecule has 6 nitrogen and oxygen atoms in total. The lowest BCUT2D eigenvalue weighted by Crippen LogP contribution is -2.23. The average molecular weight is 330 g/mol. The highest BCUT2D eigenvalue weighted by atomic mass is 19.4. The zero-order valence-electron chi connectivity index (χ0n) is 12.7. The summed E-state index contributed by atoms with van der Waals surface area (Å²) in [6, 6.07) is 4.56. The lowest BCUT2D eigenvalue weighted by molar-refractivity contribution is -0.143. The number of methoxy groups -OCH3 is 2. The molecule has 0 spiro atoms. The number of nitrogens with two attached hydrogens (primary N) is 1. The van der Waals surface area contributed by atoms with Gasteiger partial charge in [-0.05, 0) is 17.7 Å². The van der Waals surface area contributed by atoms with Crippen LogP contribution in [0.3, 0.4) is 0 Å². The number of benzene rings is 1. The lowest BCUT2D eigenvalue weighted by Gasteiger charge is -2.15. The molecule has 0 aliphatic carbocycles. The molecule has 1 heterocycles. The number of hydrogen-bond acceptors (Lipinski definition) is 5. The van der Waals surface area contributed by atoms with Crippen LogP contribution in [-0.4, -0.2) is 35.2 Å². The fourth-order valence-electron chi connectivity index (χ4n) is 2.15. The Bertz CT molecular complexity index is 658. The van der Waals surface area contributed by atoms with Gasteiger partial charge in [0, 0.05) is 12.5 Å². The van der Waals surface area contributed by atoms with Crippen molar-refractivity contribution in [3.05, 3.63) is 35.9 Å². The van der Waals surface area contributed by atoms with Crippen molar-refractivity contribution in [2.75, 3.05) is 14.2 Å². The van der Waals surface area contributed by atoms with Crippen molar-refractivity contribution in [3.8, 4) is 11.5 Å². The van der Waals surface area contributed by atoms with E-state index < -0.39 is 18.8 Å². The van der Waals surface area contributed by atoms with Crippen molar-refractivity contribution < 1.29 is 22.6 Å². The summed E-state index contributed by atoms with van der Waals surface area (Å²) < 4.78 is 48.6. The Hall–Kier alpha value is -2.29. The van der Waals surface area contributed by atoms with Crippen LogP contribution in [0.5, 0.6) is 11.5 Å². The van der Waals surface area contributed by atoms with Crippen LogP contribution < -0.4 is 15.2 Å². The van der Waals surface area contributed by atoms with Gasteiger partial charge in [-0.25, -0.2) is 9.67 Å². The van der Waals surface area contributed by atoms with Crippen LogP contribution in [0.15, 0.2) is 24.5 Å². The smallest absolute Gasteiger partial charge is 0.408 e. The Morgan fingerprint density at radius 3 is 2.52 bits per heavy atom. The SMILES string of the molecule is COc1ccc(C(N)Cc2ncnn2CC(F)(F)F)cc1OC. The molecular weight excluding hydrogens is 313 g/mol. The van der Waals surface area contributed by atoms with E-state index in [-0.39, 0.29) is 12.2 Å². The summed E-state index contributed by atoms with van der Waals surface area (Å²) in [5, 5.41) is 3.59. The normalized spacial score (nSPS) is 13.0. The molecular formula is C14H17F3N4O2. The highest BCUT2D eigenvalue weighted by molar-refractivity contribution is 5.43. The van der Waals surface area contributed by atoms with Crippen molar-refractivity contribution in [1.29, 1.82) is 0 Å². The van der Waals surface area contributed by atoms with E-state index in [4.69, 9.17) is 15.2 Å². The molecule has 1 aromatic heterocycles. The van der Waals surface area contributed by atoms with Gasteiger partial charge in [0.15, 0.2) is 11.5 Å². The van der Waals surface area contributed by atoms with Gasteiger partial charge in [-0.3, -0.25) is 0 Å². The second-order valence-corrected chi connectivity index (χ2v) is 4.87. The molecule has 1 atom stereocenters. The molecule has 126 valence electrons. The summed E-state index contributed by atoms with van der Waals surface area (Å²) in [5.41, 5.74) is 6.77. The lowest BCUT2D eigenvalue weighted by atomic mass is 10.0. The van der Waals surface area contributed by atoms with Gasteiger partial charge in [0.05, 0.1) is 14.2 Å². The Morgan fingerprint density at radius 1 is 1.22 bits per heavy atom. The fourth-order valence-corrected chi connectivity index (χ4v) is 2.15. The molecule has 0 aliphatic heterocycles. The standard InChI is InChI=1S/C14H17F3N4O2/c1-22-11-4-3-9(5-12(11)23-2)10(18)6-13-19-8-20-21(13)7-14(15,16)17/h3-5,8,10H,6-7,18H2,1-2H3. The molecule has 0 aliphatic rings. The van der Waals surface area contributed by atoms with Crippen LogP contribution in [0.2, 0.25) is 0 Å². The van der Waals surface area contributed by atoms with Crippen LogP contribution in [0, 0.1) is 0 Å². The summed E-state index contributed by atoms with van der Waals surface area (Å²) in [4.78, 5) is 3.86. The predicted molar refractivity (Wildman–Crippen MR) is 76.3 cm³/mol. The van der Waals surface area contributed by atoms with Gasteiger partial charge in [0.1, 0.15) is 18.7 Å². The van der Waals surface area contributed by atoms with E-state index in [1.54, 1.807) is 18.2 Å². The van der Waals surface area contributed by atoms with Crippen LogP contribution in [0.4, 0.5) is 13.2 Å². The van der Waals surface area contributed by atoms with Crippen molar-refractivity contribution in [1.82, 2.24) is 14.8 Å². The molecule has 9 heteroatoms. The Balaban J connectivity index is 2.17. The Labute approximate surface area is 131 Å². The molecule has 1 unspecified atom stereocenters. The van der Waals surface area contributed by atoms with E-state index >= 15 is 0 Å². The third-order valence-electron chi connectivity index (χ3n) is 3.26. The first-order chi connectivity index (χ1) is 10.8. The van der Waals surface area contributed by atoms with Gasteiger partial charge in [0.2, 0.25) is 0 Å². The molecule has 2 aromatic rings. The zero-order valence-corrected chi connectivity index (χ0v) is 12.7. The summed E-state index contributed by atoms with van der Waals surface area (Å²) in [6.07, 6.45) is -3.16. The predicted octanol–water partition coefficient (Wildman–Crippen LogP) is 2.10. The number of alkyl halides is 3. The molecule has 0 saturated heterocycles. The van der Waals surface area contributed by atoms with Crippen LogP contribution in [-0.2, 0) is 13.0 Å². The largest absolute Gasteiger partial charge is 0.493 e. The monoisotopic (exact) mass is 330 g/mol. The van der Waals surface area contributed by atoms with E-state index in [2.05, 4.69) is 10.1 Å². The molecule has 2 N–H and O–H groups in total. The first kappa shape index (κ1) is 17.1. The molecule has 23 heavy (non-hydrogen) atoms. The molecule has 0 saturated carbocycles. The highest BCUT2D eigenvalue weighted by Crippen LogP contribution is 2.30. The van der Waals surface area contributed by atoms with E-state index in [0.717, 1.165) is 11.0 Å². The van der Waals surface area contributed by atoms with E-state index in [1.165, 1.54) is 14.2 Å². The van der Waals surface area contributed by atoms with Gasteiger partial charge in [-0.15, -0.1) is 0 Å². The minimum Gasteiger partial charge on any atom is -0.493 e. The van der Waals surface area contributed by atoms with E-state index in [0.29, 0.717) is 17.1 Å². The Kier molecular flexibility index (Phi) is 5.09. The van der Waals surface area contributed by atoms with Crippen molar-refractivity contribution in [2.45, 2.75) is 25.2 Å². The van der Waals surface area contributed by atoms with Gasteiger partial charge < -0.3 is 15.2 Å². The first-order valence-electron chi connectivity index (χ1n) is 6.75. The number of halogens is 3. The zero-order chi connectivity index (χ0) is 17.0. The second-order valence-electron chi connectivity index (χ2n) is 4.87. The molecule has 0 bridgehead atoms. The maximum Gasteiger partial charge on any atom is 0.408 e. The fraction of sp³-hybridized carbons (Fsp3) is 0.429. The maximum atomic E-state index is 12.5. The number of nitrogens with zero attached hydrogens (tertiary/aromatic N) is 3. The van der Waals surface area contributed by atoms with Gasteiger partial charge in [0.25, 0.3) is 0 Å². The highest BCUT2D eigenvalue weighted by Gasteiger charge is 2.30. The quantitative estimate of drug-likeness (QED) is 0.878. The van der Waals surface area contributed by atoms with Crippen LogP contribution in [0.25, 0.3) is 0 Å². The summed E-state index contributed by atoms with van der Waals surface area (Å²) in [7, 11) is 3.00. The van der Waals surface area contributed by atoms with Gasteiger partial charge in [-0.1, -0.05) is 6.07 Å². The maximum absolute atomic E-state index is 12.5. The number of aromatic nitrogens is 3. The van der Waals surface area contributed by atoms with E-state index in [9.17, 15) is 13.2 Å². The third-order valence-corrected chi connectivity index (χ3v) is 3.26. The van der Waals surface area contributed by atoms with Crippen molar-refractivity contribution in [3.63, 3.8) is 0 Å². The minimum absolute atomic E-state index is 0.117. The first-order valence-corrected chi connectivity index (χ1v) is 6.75. The second kappa shape index (κ2) is 6.86. The molecule has 1 aromatic carbocycles. The van der Waals surface area contributed by atoms with Crippen LogP contribution in [0.1, 0.15) is 17.4 Å². The molecule has 0 radical (unpaired) electrons. The third kappa shape index (κ3) is 4.35. The molecule has 0 fully saturated rings. The average Bonchev–Trinajstić information content (AvgIpc) is 2.91. The number of ether oxygens (including phenoxy) is 2. The molecule has 2 rings (SSSR count). The van der Waals surface area contributed by atoms with Gasteiger partial charge >= 0.3 is 6.18 Å². The topological polar surface area (TPSA) is 75.2 Å². The van der Waals surface area contributed by atoms with Crippen molar-refractivity contribution in [2.24, 2.45) is 5.73 Å². The minimum atomic E-state index is -4.37. The van der Waals surface area contributed by atoms with Crippen molar-refractivity contribution >= 4 is 0 Å². The Morgan fingerprint density at radius 2 is 1.91 bits per heavy atom. The number of rotatable bonds is 6. The van der Waals surface area contributed by atoms with Gasteiger partial charge in [-0.2, -0.15) is 18.3 Å². The van der Waals surface area contributed by atoms with Crippen LogP contribution >= 0.6 is 0 Å². The van der Waals surface area contributed by atoms with E-state index in [1.807, 2.05) is 0 Å². The molecule has 0 amide bonds. The number of hydrogen-bond donors (Lipinski definition) is 1. The summed E-state index contributed by atoms with van der Waals surface area (Å²) >= 11 is 0. The summed E-state index contributed by atoms with van der Waals surface area (Å²) in [6.45, 7) is -1.19. The summed E-state index contributed by atoms with van der Waals surface area (Å²) in [5.74, 6) is 1.21.